The molecule has 4 aromatic rings. The Morgan fingerprint density at radius 2 is 1.80 bits per heavy atom. The first-order valence-electron chi connectivity index (χ1n) is 9.58. The first-order chi connectivity index (χ1) is 14.5. The highest BCUT2D eigenvalue weighted by Crippen LogP contribution is 2.29. The van der Waals surface area contributed by atoms with Crippen LogP contribution in [0, 0.1) is 6.92 Å². The van der Waals surface area contributed by atoms with E-state index in [2.05, 4.69) is 5.32 Å². The summed E-state index contributed by atoms with van der Waals surface area (Å²) in [6.45, 7) is 1.73. The lowest BCUT2D eigenvalue weighted by Crippen LogP contribution is -2.35. The van der Waals surface area contributed by atoms with Gasteiger partial charge in [0, 0.05) is 29.1 Å². The lowest BCUT2D eigenvalue weighted by Gasteiger charge is -2.16. The normalized spacial score (nSPS) is 10.9. The number of benzene rings is 3. The van der Waals surface area contributed by atoms with Crippen molar-refractivity contribution in [3.63, 3.8) is 0 Å². The second-order valence-corrected chi connectivity index (χ2v) is 7.15. The number of nitrogens with one attached hydrogen (secondary N) is 1. The van der Waals surface area contributed by atoms with Gasteiger partial charge in [0.05, 0.1) is 13.7 Å². The Morgan fingerprint density at radius 3 is 2.60 bits per heavy atom. The van der Waals surface area contributed by atoms with Gasteiger partial charge >= 0.3 is 0 Å². The number of furan rings is 1. The SMILES string of the molecule is COc1ccc2oc(C(=O)N(C)CC(=O)Nc3cccc4ccccc34)c(C)c2c1. The maximum absolute atomic E-state index is 12.9. The minimum Gasteiger partial charge on any atom is -0.497 e. The van der Waals surface area contributed by atoms with E-state index in [-0.39, 0.29) is 24.1 Å². The van der Waals surface area contributed by atoms with Gasteiger partial charge in [-0.1, -0.05) is 36.4 Å². The first kappa shape index (κ1) is 19.5. The summed E-state index contributed by atoms with van der Waals surface area (Å²) in [5, 5.41) is 5.69. The molecule has 0 bridgehead atoms. The summed E-state index contributed by atoms with van der Waals surface area (Å²) in [6, 6.07) is 18.9. The molecule has 0 unspecified atom stereocenters. The summed E-state index contributed by atoms with van der Waals surface area (Å²) in [5.74, 6) is 0.278. The summed E-state index contributed by atoms with van der Waals surface area (Å²) in [5.41, 5.74) is 2.03. The predicted molar refractivity (Wildman–Crippen MR) is 117 cm³/mol. The molecule has 1 N–H and O–H groups in total. The fourth-order valence-electron chi connectivity index (χ4n) is 3.52. The van der Waals surface area contributed by atoms with Gasteiger partial charge < -0.3 is 19.4 Å². The number of hydrogen-bond donors (Lipinski definition) is 1. The van der Waals surface area contributed by atoms with Crippen LogP contribution >= 0.6 is 0 Å². The monoisotopic (exact) mass is 402 g/mol. The lowest BCUT2D eigenvalue weighted by molar-refractivity contribution is -0.116. The third-order valence-electron chi connectivity index (χ3n) is 5.13. The van der Waals surface area contributed by atoms with Gasteiger partial charge in [0.2, 0.25) is 5.91 Å². The molecule has 0 atom stereocenters. The molecule has 1 aromatic heterocycles. The lowest BCUT2D eigenvalue weighted by atomic mass is 10.1. The van der Waals surface area contributed by atoms with Gasteiger partial charge in [0.25, 0.3) is 5.91 Å². The molecule has 0 aliphatic heterocycles. The van der Waals surface area contributed by atoms with Crippen molar-refractivity contribution in [1.29, 1.82) is 0 Å². The maximum atomic E-state index is 12.9. The number of methoxy groups -OCH3 is 1. The van der Waals surface area contributed by atoms with Crippen molar-refractivity contribution in [2.75, 3.05) is 26.0 Å². The number of ether oxygens (including phenoxy) is 1. The molecule has 0 saturated heterocycles. The number of fused-ring (bicyclic) bond motifs is 2. The van der Waals surface area contributed by atoms with Crippen molar-refractivity contribution in [3.05, 3.63) is 72.0 Å². The van der Waals surface area contributed by atoms with Gasteiger partial charge in [-0.15, -0.1) is 0 Å². The summed E-state index contributed by atoms with van der Waals surface area (Å²) in [4.78, 5) is 26.9. The molecule has 0 aliphatic rings. The maximum Gasteiger partial charge on any atom is 0.290 e. The Bertz CT molecular complexity index is 1250. The topological polar surface area (TPSA) is 71.8 Å². The van der Waals surface area contributed by atoms with Crippen molar-refractivity contribution in [2.24, 2.45) is 0 Å². The van der Waals surface area contributed by atoms with Gasteiger partial charge in [-0.2, -0.15) is 0 Å². The van der Waals surface area contributed by atoms with E-state index in [1.807, 2.05) is 55.5 Å². The van der Waals surface area contributed by atoms with Crippen LogP contribution in [0.3, 0.4) is 0 Å². The summed E-state index contributed by atoms with van der Waals surface area (Å²) < 4.78 is 11.0. The molecular formula is C24H22N2O4. The van der Waals surface area contributed by atoms with Gasteiger partial charge in [-0.25, -0.2) is 0 Å². The van der Waals surface area contributed by atoms with Crippen molar-refractivity contribution in [2.45, 2.75) is 6.92 Å². The van der Waals surface area contributed by atoms with Gasteiger partial charge in [0.1, 0.15) is 11.3 Å². The van der Waals surface area contributed by atoms with Crippen LogP contribution in [0.2, 0.25) is 0 Å². The Hall–Kier alpha value is -3.80. The quantitative estimate of drug-likeness (QED) is 0.529. The van der Waals surface area contributed by atoms with Gasteiger partial charge in [-0.3, -0.25) is 9.59 Å². The fraction of sp³-hybridized carbons (Fsp3) is 0.167. The third-order valence-corrected chi connectivity index (χ3v) is 5.13. The minimum absolute atomic E-state index is 0.0954. The van der Waals surface area contributed by atoms with Crippen molar-refractivity contribution in [1.82, 2.24) is 4.90 Å². The molecule has 3 aromatic carbocycles. The average molecular weight is 402 g/mol. The molecule has 1 heterocycles. The van der Waals surface area contributed by atoms with Crippen LogP contribution in [-0.4, -0.2) is 37.4 Å². The Labute approximate surface area is 174 Å². The number of anilines is 1. The van der Waals surface area contributed by atoms with Crippen LogP contribution in [0.5, 0.6) is 5.75 Å². The third kappa shape index (κ3) is 3.59. The zero-order valence-electron chi connectivity index (χ0n) is 17.1. The van der Waals surface area contributed by atoms with Crippen molar-refractivity contribution in [3.8, 4) is 5.75 Å². The molecular weight excluding hydrogens is 380 g/mol. The largest absolute Gasteiger partial charge is 0.497 e. The molecule has 0 radical (unpaired) electrons. The summed E-state index contributed by atoms with van der Waals surface area (Å²) >= 11 is 0. The number of hydrogen-bond acceptors (Lipinski definition) is 4. The molecule has 6 heteroatoms. The summed E-state index contributed by atoms with van der Waals surface area (Å²) in [6.07, 6.45) is 0. The van der Waals surface area contributed by atoms with Crippen LogP contribution in [0.1, 0.15) is 16.1 Å². The van der Waals surface area contributed by atoms with E-state index in [0.29, 0.717) is 17.0 Å². The van der Waals surface area contributed by atoms with Crippen LogP contribution in [0.4, 0.5) is 5.69 Å². The molecule has 0 aliphatic carbocycles. The molecule has 0 fully saturated rings. The highest BCUT2D eigenvalue weighted by molar-refractivity contribution is 6.05. The first-order valence-corrected chi connectivity index (χ1v) is 9.58. The van der Waals surface area contributed by atoms with Crippen LogP contribution in [-0.2, 0) is 4.79 Å². The zero-order chi connectivity index (χ0) is 21.3. The Kier molecular flexibility index (Phi) is 5.14. The van der Waals surface area contributed by atoms with Crippen LogP contribution < -0.4 is 10.1 Å². The van der Waals surface area contributed by atoms with Crippen LogP contribution in [0.25, 0.3) is 21.7 Å². The van der Waals surface area contributed by atoms with Crippen molar-refractivity contribution < 1.29 is 18.7 Å². The second-order valence-electron chi connectivity index (χ2n) is 7.15. The molecule has 2 amide bonds. The molecule has 30 heavy (non-hydrogen) atoms. The zero-order valence-corrected chi connectivity index (χ0v) is 17.1. The van der Waals surface area contributed by atoms with E-state index in [9.17, 15) is 9.59 Å². The number of likely N-dealkylation sites (N-methyl/N-ethyl adjacent to an activating group) is 1. The predicted octanol–water partition coefficient (Wildman–Crippen LogP) is 4.61. The molecule has 4 rings (SSSR count). The van der Waals surface area contributed by atoms with Gasteiger partial charge in [0.15, 0.2) is 5.76 Å². The Morgan fingerprint density at radius 1 is 1.03 bits per heavy atom. The Balaban J connectivity index is 1.51. The standard InChI is InChI=1S/C24H22N2O4/c1-15-19-13-17(29-3)11-12-21(19)30-23(15)24(28)26(2)14-22(27)25-20-10-6-8-16-7-4-5-9-18(16)20/h4-13H,14H2,1-3H3,(H,25,27). The van der Waals surface area contributed by atoms with Crippen LogP contribution in [0.15, 0.2) is 65.1 Å². The van der Waals surface area contributed by atoms with E-state index in [0.717, 1.165) is 21.7 Å². The van der Waals surface area contributed by atoms with E-state index in [4.69, 9.17) is 9.15 Å². The van der Waals surface area contributed by atoms with E-state index in [1.165, 1.54) is 4.90 Å². The number of carbonyl (C=O) groups excluding carboxylic acids is 2. The number of amides is 2. The fourth-order valence-corrected chi connectivity index (χ4v) is 3.52. The highest BCUT2D eigenvalue weighted by atomic mass is 16.5. The minimum atomic E-state index is -0.351. The van der Waals surface area contributed by atoms with Crippen molar-refractivity contribution >= 4 is 39.2 Å². The number of aryl methyl sites for hydroxylation is 1. The molecule has 0 spiro atoms. The van der Waals surface area contributed by atoms with E-state index < -0.39 is 0 Å². The van der Waals surface area contributed by atoms with E-state index in [1.54, 1.807) is 26.3 Å². The number of rotatable bonds is 5. The second kappa shape index (κ2) is 7.91. The number of carbonyl (C=O) groups is 2. The molecule has 0 saturated carbocycles. The van der Waals surface area contributed by atoms with Gasteiger partial charge in [-0.05, 0) is 36.6 Å². The molecule has 152 valence electrons. The average Bonchev–Trinajstić information content (AvgIpc) is 3.09. The smallest absolute Gasteiger partial charge is 0.290 e. The molecule has 6 nitrogen and oxygen atoms in total. The highest BCUT2D eigenvalue weighted by Gasteiger charge is 2.23. The number of nitrogens with zero attached hydrogens (tertiary/aromatic N) is 1. The summed E-state index contributed by atoms with van der Waals surface area (Å²) in [7, 11) is 3.17. The van der Waals surface area contributed by atoms with E-state index >= 15 is 0 Å².